The second-order valence-corrected chi connectivity index (χ2v) is 6.90. The van der Waals surface area contributed by atoms with Crippen LogP contribution in [0.15, 0.2) is 24.3 Å². The van der Waals surface area contributed by atoms with Gasteiger partial charge in [-0.05, 0) is 50.7 Å². The van der Waals surface area contributed by atoms with E-state index >= 15 is 0 Å². The second kappa shape index (κ2) is 7.79. The maximum Gasteiger partial charge on any atom is 0.251 e. The molecule has 1 aliphatic heterocycles. The number of aliphatic hydroxyl groups is 1. The third-order valence-corrected chi connectivity index (χ3v) is 5.22. The molecule has 5 heteroatoms. The van der Waals surface area contributed by atoms with E-state index in [0.717, 1.165) is 24.8 Å². The fourth-order valence-corrected chi connectivity index (χ4v) is 3.23. The van der Waals surface area contributed by atoms with E-state index in [1.54, 1.807) is 17.9 Å². The summed E-state index contributed by atoms with van der Waals surface area (Å²) < 4.78 is 0. The van der Waals surface area contributed by atoms with E-state index in [4.69, 9.17) is 0 Å². The Hall–Kier alpha value is -1.88. The Morgan fingerprint density at radius 3 is 2.54 bits per heavy atom. The van der Waals surface area contributed by atoms with E-state index in [1.165, 1.54) is 0 Å². The zero-order valence-corrected chi connectivity index (χ0v) is 14.8. The van der Waals surface area contributed by atoms with Crippen LogP contribution in [-0.2, 0) is 4.79 Å². The average Bonchev–Trinajstić information content (AvgIpc) is 2.61. The molecule has 5 nitrogen and oxygen atoms in total. The molecule has 24 heavy (non-hydrogen) atoms. The first kappa shape index (κ1) is 18.5. The topological polar surface area (TPSA) is 69.6 Å². The van der Waals surface area contributed by atoms with Crippen molar-refractivity contribution >= 4 is 11.8 Å². The monoisotopic (exact) mass is 332 g/mol. The molecule has 1 aromatic rings. The zero-order chi connectivity index (χ0) is 17.7. The molecule has 1 aliphatic rings. The first-order valence-corrected chi connectivity index (χ1v) is 8.68. The van der Waals surface area contributed by atoms with E-state index < -0.39 is 6.04 Å². The second-order valence-electron chi connectivity index (χ2n) is 6.90. The number of aliphatic hydroxyl groups excluding tert-OH is 1. The van der Waals surface area contributed by atoms with Gasteiger partial charge in [-0.3, -0.25) is 9.59 Å². The number of carbonyl (C=O) groups is 2. The lowest BCUT2D eigenvalue weighted by atomic mass is 9.77. The molecule has 0 spiro atoms. The summed E-state index contributed by atoms with van der Waals surface area (Å²) in [5.41, 5.74) is 1.53. The van der Waals surface area contributed by atoms with Gasteiger partial charge in [0, 0.05) is 25.3 Å². The molecule has 1 atom stereocenters. The van der Waals surface area contributed by atoms with Crippen molar-refractivity contribution in [2.75, 3.05) is 19.7 Å². The number of benzene rings is 1. The van der Waals surface area contributed by atoms with Crippen molar-refractivity contribution in [3.63, 3.8) is 0 Å². The highest BCUT2D eigenvalue weighted by Gasteiger charge is 2.35. The van der Waals surface area contributed by atoms with Crippen LogP contribution in [-0.4, -0.2) is 47.6 Å². The van der Waals surface area contributed by atoms with Crippen LogP contribution in [0.5, 0.6) is 0 Å². The van der Waals surface area contributed by atoms with E-state index in [1.807, 2.05) is 25.1 Å². The first-order valence-electron chi connectivity index (χ1n) is 8.68. The minimum Gasteiger partial charge on any atom is -0.396 e. The molecule has 1 aromatic carbocycles. The van der Waals surface area contributed by atoms with E-state index in [2.05, 4.69) is 12.2 Å². The quantitative estimate of drug-likeness (QED) is 0.868. The Kier molecular flexibility index (Phi) is 5.99. The van der Waals surface area contributed by atoms with Crippen LogP contribution in [0.1, 0.15) is 49.0 Å². The molecule has 2 amide bonds. The van der Waals surface area contributed by atoms with Crippen LogP contribution in [0.25, 0.3) is 0 Å². The van der Waals surface area contributed by atoms with Crippen molar-refractivity contribution in [3.8, 4) is 0 Å². The highest BCUT2D eigenvalue weighted by atomic mass is 16.3. The molecule has 132 valence electrons. The van der Waals surface area contributed by atoms with Gasteiger partial charge in [0.1, 0.15) is 6.04 Å². The van der Waals surface area contributed by atoms with Crippen LogP contribution >= 0.6 is 0 Å². The molecule has 1 unspecified atom stereocenters. The Morgan fingerprint density at radius 1 is 1.33 bits per heavy atom. The van der Waals surface area contributed by atoms with Gasteiger partial charge in [0.2, 0.25) is 5.91 Å². The van der Waals surface area contributed by atoms with Gasteiger partial charge < -0.3 is 15.3 Å². The molecule has 1 saturated heterocycles. The number of nitrogens with zero attached hydrogens (tertiary/aromatic N) is 1. The normalized spacial score (nSPS) is 18.1. The molecule has 0 saturated carbocycles. The van der Waals surface area contributed by atoms with Gasteiger partial charge in [-0.25, -0.2) is 0 Å². The Balaban J connectivity index is 1.92. The summed E-state index contributed by atoms with van der Waals surface area (Å²) in [7, 11) is 0. The number of amides is 2. The van der Waals surface area contributed by atoms with Gasteiger partial charge in [-0.2, -0.15) is 0 Å². The van der Waals surface area contributed by atoms with Gasteiger partial charge in [0.05, 0.1) is 0 Å². The summed E-state index contributed by atoms with van der Waals surface area (Å²) in [6.07, 6.45) is 2.54. The van der Waals surface area contributed by atoms with Crippen molar-refractivity contribution in [2.45, 2.75) is 46.1 Å². The summed E-state index contributed by atoms with van der Waals surface area (Å²) in [6, 6.07) is 6.77. The summed E-state index contributed by atoms with van der Waals surface area (Å²) in [5, 5.41) is 12.4. The number of hydrogen-bond acceptors (Lipinski definition) is 3. The summed E-state index contributed by atoms with van der Waals surface area (Å²) in [5.74, 6) is -0.284. The van der Waals surface area contributed by atoms with Crippen LogP contribution in [0.3, 0.4) is 0 Å². The summed E-state index contributed by atoms with van der Waals surface area (Å²) in [6.45, 7) is 7.18. The van der Waals surface area contributed by atoms with Crippen molar-refractivity contribution in [1.82, 2.24) is 10.2 Å². The van der Waals surface area contributed by atoms with Gasteiger partial charge in [0.25, 0.3) is 5.91 Å². The number of rotatable bonds is 5. The fraction of sp³-hybridized carbons (Fsp3) is 0.579. The smallest absolute Gasteiger partial charge is 0.251 e. The van der Waals surface area contributed by atoms with Crippen molar-refractivity contribution < 1.29 is 14.7 Å². The Morgan fingerprint density at radius 2 is 2.00 bits per heavy atom. The van der Waals surface area contributed by atoms with Gasteiger partial charge >= 0.3 is 0 Å². The summed E-state index contributed by atoms with van der Waals surface area (Å²) in [4.78, 5) is 26.6. The number of carbonyl (C=O) groups excluding carboxylic acids is 2. The highest BCUT2D eigenvalue weighted by Crippen LogP contribution is 2.34. The number of piperidine rings is 1. The minimum atomic E-state index is -0.554. The molecule has 1 fully saturated rings. The predicted molar refractivity (Wildman–Crippen MR) is 93.7 cm³/mol. The van der Waals surface area contributed by atoms with Gasteiger partial charge in [0.15, 0.2) is 0 Å². The predicted octanol–water partition coefficient (Wildman–Crippen LogP) is 2.12. The van der Waals surface area contributed by atoms with Crippen LogP contribution in [0, 0.1) is 12.3 Å². The molecular formula is C19H28N2O3. The molecule has 0 aliphatic carbocycles. The SMILES string of the molecule is CCC1(CO)CCN(C(=O)C(C)NC(=O)c2cccc(C)c2)CC1. The molecule has 0 bridgehead atoms. The molecule has 2 rings (SSSR count). The first-order chi connectivity index (χ1) is 11.4. The third-order valence-electron chi connectivity index (χ3n) is 5.22. The Labute approximate surface area is 144 Å². The van der Waals surface area contributed by atoms with Crippen molar-refractivity contribution in [3.05, 3.63) is 35.4 Å². The molecule has 1 heterocycles. The standard InChI is InChI=1S/C19H28N2O3/c1-4-19(13-22)8-10-21(11-9-19)18(24)15(3)20-17(23)16-7-5-6-14(2)12-16/h5-7,12,15,22H,4,8-11,13H2,1-3H3,(H,20,23). The molecule has 0 aromatic heterocycles. The van der Waals surface area contributed by atoms with Crippen molar-refractivity contribution in [2.24, 2.45) is 5.41 Å². The largest absolute Gasteiger partial charge is 0.396 e. The maximum atomic E-state index is 12.6. The Bertz CT molecular complexity index is 586. The average molecular weight is 332 g/mol. The summed E-state index contributed by atoms with van der Waals surface area (Å²) >= 11 is 0. The fourth-order valence-electron chi connectivity index (χ4n) is 3.23. The maximum absolute atomic E-state index is 12.6. The van der Waals surface area contributed by atoms with E-state index in [-0.39, 0.29) is 23.8 Å². The number of aryl methyl sites for hydroxylation is 1. The van der Waals surface area contributed by atoms with E-state index in [0.29, 0.717) is 18.7 Å². The van der Waals surface area contributed by atoms with Crippen LogP contribution in [0.4, 0.5) is 0 Å². The number of likely N-dealkylation sites (tertiary alicyclic amines) is 1. The minimum absolute atomic E-state index is 0.0508. The van der Waals surface area contributed by atoms with Crippen molar-refractivity contribution in [1.29, 1.82) is 0 Å². The van der Waals surface area contributed by atoms with Gasteiger partial charge in [-0.15, -0.1) is 0 Å². The molecule has 2 N–H and O–H groups in total. The molecular weight excluding hydrogens is 304 g/mol. The number of nitrogens with one attached hydrogen (secondary N) is 1. The highest BCUT2D eigenvalue weighted by molar-refractivity contribution is 5.97. The van der Waals surface area contributed by atoms with Crippen LogP contribution < -0.4 is 5.32 Å². The van der Waals surface area contributed by atoms with E-state index in [9.17, 15) is 14.7 Å². The lowest BCUT2D eigenvalue weighted by Gasteiger charge is -2.41. The third kappa shape index (κ3) is 4.15. The lowest BCUT2D eigenvalue weighted by Crippen LogP contribution is -2.51. The zero-order valence-electron chi connectivity index (χ0n) is 14.8. The lowest BCUT2D eigenvalue weighted by molar-refractivity contribution is -0.135. The van der Waals surface area contributed by atoms with Gasteiger partial charge in [-0.1, -0.05) is 24.6 Å². The molecule has 0 radical (unpaired) electrons. The van der Waals surface area contributed by atoms with Crippen LogP contribution in [0.2, 0.25) is 0 Å². The number of hydrogen-bond donors (Lipinski definition) is 2.